The van der Waals surface area contributed by atoms with E-state index < -0.39 is 5.88 Å². The molecule has 0 aliphatic carbocycles. The number of nitrogens with zero attached hydrogens (tertiary/aromatic N) is 2. The van der Waals surface area contributed by atoms with Gasteiger partial charge < -0.3 is 15.4 Å². The Balaban J connectivity index is 2.23. The average molecular weight is 405 g/mol. The summed E-state index contributed by atoms with van der Waals surface area (Å²) in [6, 6.07) is 7.52. The lowest BCUT2D eigenvalue weighted by Gasteiger charge is -2.14. The fraction of sp³-hybridized carbons (Fsp3) is 0.118. The molecule has 1 aliphatic heterocycles. The van der Waals surface area contributed by atoms with Crippen LogP contribution in [0.2, 0.25) is 0 Å². The zero-order valence-corrected chi connectivity index (χ0v) is 16.3. The highest BCUT2D eigenvalue weighted by Crippen LogP contribution is 2.35. The predicted molar refractivity (Wildman–Crippen MR) is 110 cm³/mol. The summed E-state index contributed by atoms with van der Waals surface area (Å²) in [5, 5.41) is 17.8. The molecule has 1 aromatic heterocycles. The number of hydrogen-bond donors (Lipinski definition) is 3. The van der Waals surface area contributed by atoms with Crippen molar-refractivity contribution in [2.75, 3.05) is 4.90 Å². The van der Waals surface area contributed by atoms with Crippen molar-refractivity contribution in [2.24, 2.45) is 5.73 Å². The van der Waals surface area contributed by atoms with Crippen LogP contribution < -0.4 is 25.3 Å². The monoisotopic (exact) mass is 404 g/mol. The number of aliphatic hydroxyl groups is 1. The van der Waals surface area contributed by atoms with Crippen LogP contribution in [0.3, 0.4) is 0 Å². The molecule has 134 valence electrons. The molecule has 0 atom stereocenters. The fourth-order valence-electron chi connectivity index (χ4n) is 2.48. The van der Waals surface area contributed by atoms with Gasteiger partial charge in [0, 0.05) is 6.54 Å². The zero-order chi connectivity index (χ0) is 19.0. The number of aromatic nitrogens is 1. The molecule has 0 radical (unpaired) electrons. The van der Waals surface area contributed by atoms with Crippen molar-refractivity contribution in [2.45, 2.75) is 13.5 Å². The molecule has 3 rings (SSSR count). The minimum Gasteiger partial charge on any atom is -0.494 e. The van der Waals surface area contributed by atoms with E-state index >= 15 is 0 Å². The lowest BCUT2D eigenvalue weighted by molar-refractivity contribution is -0.112. The van der Waals surface area contributed by atoms with Crippen LogP contribution in [0, 0.1) is 12.3 Å². The van der Waals surface area contributed by atoms with Gasteiger partial charge in [-0.3, -0.25) is 15.1 Å². The Kier molecular flexibility index (Phi) is 5.03. The van der Waals surface area contributed by atoms with Crippen molar-refractivity contribution in [3.8, 4) is 0 Å². The zero-order valence-electron chi connectivity index (χ0n) is 13.9. The van der Waals surface area contributed by atoms with E-state index in [1.165, 1.54) is 16.7 Å². The maximum absolute atomic E-state index is 13.0. The Morgan fingerprint density at radius 2 is 2.08 bits per heavy atom. The molecular weight excluding hydrogens is 388 g/mol. The van der Waals surface area contributed by atoms with Crippen LogP contribution >= 0.6 is 35.3 Å². The molecular formula is C17H16N4O2S3. The van der Waals surface area contributed by atoms with Gasteiger partial charge in [0.2, 0.25) is 5.88 Å². The van der Waals surface area contributed by atoms with Gasteiger partial charge in [0.25, 0.3) is 5.91 Å². The summed E-state index contributed by atoms with van der Waals surface area (Å²) in [4.78, 5) is 14.9. The Morgan fingerprint density at radius 1 is 1.42 bits per heavy atom. The van der Waals surface area contributed by atoms with Crippen molar-refractivity contribution in [1.29, 1.82) is 5.41 Å². The number of amides is 1. The molecule has 1 amide bonds. The smallest absolute Gasteiger partial charge is 0.273 e. The average Bonchev–Trinajstić information content (AvgIpc) is 3.06. The molecule has 0 unspecified atom stereocenters. The maximum Gasteiger partial charge on any atom is 0.273 e. The van der Waals surface area contributed by atoms with Gasteiger partial charge in [0.05, 0.1) is 5.69 Å². The SMILES string of the molecule is C=CCn1c(=N)/c(=C(\N)O)s/c1=C1/SC(=S)N(c2ccc(C)cc2)C1=O. The van der Waals surface area contributed by atoms with Crippen LogP contribution in [0.1, 0.15) is 5.56 Å². The van der Waals surface area contributed by atoms with E-state index in [2.05, 4.69) is 6.58 Å². The fourth-order valence-corrected chi connectivity index (χ4v) is 4.96. The maximum atomic E-state index is 13.0. The van der Waals surface area contributed by atoms with E-state index in [-0.39, 0.29) is 15.9 Å². The number of thiocarbonyl (C=S) groups is 1. The molecule has 6 nitrogen and oxygen atoms in total. The van der Waals surface area contributed by atoms with Crippen LogP contribution in [0.5, 0.6) is 0 Å². The van der Waals surface area contributed by atoms with E-state index in [1.807, 2.05) is 31.2 Å². The number of allylic oxidation sites excluding steroid dienone is 1. The first kappa shape index (κ1) is 18.4. The molecule has 0 spiro atoms. The Morgan fingerprint density at radius 3 is 2.65 bits per heavy atom. The summed E-state index contributed by atoms with van der Waals surface area (Å²) in [6.45, 7) is 5.97. The van der Waals surface area contributed by atoms with Crippen molar-refractivity contribution in [3.63, 3.8) is 0 Å². The highest BCUT2D eigenvalue weighted by atomic mass is 32.2. The van der Waals surface area contributed by atoms with E-state index in [4.69, 9.17) is 23.4 Å². The lowest BCUT2D eigenvalue weighted by Crippen LogP contribution is -2.34. The number of aryl methyl sites for hydroxylation is 1. The van der Waals surface area contributed by atoms with Crippen LogP contribution in [0.15, 0.2) is 36.9 Å². The standard InChI is InChI=1S/C17H16N4O2S3/c1-3-8-20-13(18)11(14(19)22)25-16(20)12-15(23)21(17(24)26-12)10-6-4-9(2)5-7-10/h3-7,18,22H,1,8,19H2,2H3/b14-11-,16-12+,18-13?. The van der Waals surface area contributed by atoms with Crippen LogP contribution in [-0.4, -0.2) is 19.9 Å². The molecule has 2 aromatic rings. The first-order valence-electron chi connectivity index (χ1n) is 7.56. The topological polar surface area (TPSA) is 95.3 Å². The number of carbonyl (C=O) groups is 1. The summed E-state index contributed by atoms with van der Waals surface area (Å²) in [5.74, 6) is -0.705. The van der Waals surface area contributed by atoms with Crippen molar-refractivity contribution in [3.05, 3.63) is 57.2 Å². The Hall–Kier alpha value is -2.36. The second-order valence-electron chi connectivity index (χ2n) is 5.54. The quantitative estimate of drug-likeness (QED) is 0.529. The van der Waals surface area contributed by atoms with E-state index in [0.717, 1.165) is 16.9 Å². The van der Waals surface area contributed by atoms with Gasteiger partial charge in [-0.15, -0.1) is 17.9 Å². The van der Waals surface area contributed by atoms with Gasteiger partial charge in [-0.25, -0.2) is 0 Å². The minimum absolute atomic E-state index is 0.0329. The molecule has 9 heteroatoms. The van der Waals surface area contributed by atoms with Gasteiger partial charge in [0.1, 0.15) is 19.6 Å². The highest BCUT2D eigenvalue weighted by molar-refractivity contribution is 8.31. The summed E-state index contributed by atoms with van der Waals surface area (Å²) in [5.41, 5.74) is 7.29. The van der Waals surface area contributed by atoms with E-state index in [0.29, 0.717) is 26.1 Å². The molecule has 0 saturated carbocycles. The van der Waals surface area contributed by atoms with Gasteiger partial charge in [-0.05, 0) is 19.1 Å². The second-order valence-corrected chi connectivity index (χ2v) is 8.19. The molecule has 1 aliphatic rings. The van der Waals surface area contributed by atoms with Crippen molar-refractivity contribution >= 4 is 62.0 Å². The Labute approximate surface area is 163 Å². The first-order valence-corrected chi connectivity index (χ1v) is 9.60. The number of anilines is 1. The van der Waals surface area contributed by atoms with E-state index in [1.54, 1.807) is 10.6 Å². The predicted octanol–water partition coefficient (Wildman–Crippen LogP) is 1.28. The normalized spacial score (nSPS) is 17.7. The number of hydrogen-bond acceptors (Lipinski definition) is 7. The molecule has 26 heavy (non-hydrogen) atoms. The summed E-state index contributed by atoms with van der Waals surface area (Å²) in [6.07, 6.45) is 1.62. The second kappa shape index (κ2) is 7.10. The largest absolute Gasteiger partial charge is 0.494 e. The molecule has 4 N–H and O–H groups in total. The van der Waals surface area contributed by atoms with Gasteiger partial charge >= 0.3 is 0 Å². The summed E-state index contributed by atoms with van der Waals surface area (Å²) in [7, 11) is 0. The minimum atomic E-state index is -0.446. The van der Waals surface area contributed by atoms with Gasteiger partial charge in [-0.1, -0.05) is 47.8 Å². The van der Waals surface area contributed by atoms with Crippen LogP contribution in [0.4, 0.5) is 5.69 Å². The number of thioether (sulfide) groups is 1. The molecule has 2 heterocycles. The van der Waals surface area contributed by atoms with Gasteiger partial charge in [-0.2, -0.15) is 0 Å². The molecule has 1 aromatic carbocycles. The lowest BCUT2D eigenvalue weighted by atomic mass is 10.2. The van der Waals surface area contributed by atoms with Crippen LogP contribution in [0.25, 0.3) is 10.8 Å². The third-order valence-corrected chi connectivity index (χ3v) is 6.44. The number of thiazole rings is 1. The van der Waals surface area contributed by atoms with Crippen molar-refractivity contribution in [1.82, 2.24) is 4.57 Å². The number of benzene rings is 1. The van der Waals surface area contributed by atoms with Crippen molar-refractivity contribution < 1.29 is 9.90 Å². The first-order chi connectivity index (χ1) is 12.3. The highest BCUT2D eigenvalue weighted by Gasteiger charge is 2.35. The Bertz CT molecular complexity index is 1090. The number of rotatable bonds is 3. The molecule has 1 fully saturated rings. The molecule has 0 bridgehead atoms. The number of carbonyl (C=O) groups excluding carboxylic acids is 1. The number of nitrogens with one attached hydrogen (secondary N) is 1. The number of aliphatic hydroxyl groups excluding tert-OH is 1. The van der Waals surface area contributed by atoms with E-state index in [9.17, 15) is 9.90 Å². The summed E-state index contributed by atoms with van der Waals surface area (Å²) >= 11 is 7.66. The van der Waals surface area contributed by atoms with Gasteiger partial charge in [0.15, 0.2) is 4.32 Å². The third kappa shape index (κ3) is 3.09. The summed E-state index contributed by atoms with van der Waals surface area (Å²) < 4.78 is 2.73. The molecule has 1 saturated heterocycles. The van der Waals surface area contributed by atoms with Crippen LogP contribution in [-0.2, 0) is 11.3 Å². The number of nitrogens with two attached hydrogens (primary N) is 1. The third-order valence-electron chi connectivity index (χ3n) is 3.73.